The van der Waals surface area contributed by atoms with Gasteiger partial charge in [0.15, 0.2) is 0 Å². The summed E-state index contributed by atoms with van der Waals surface area (Å²) in [6.07, 6.45) is 2.91. The van der Waals surface area contributed by atoms with Crippen molar-refractivity contribution in [2.24, 2.45) is 5.92 Å². The maximum absolute atomic E-state index is 5.80. The Morgan fingerprint density at radius 2 is 2.00 bits per heavy atom. The highest BCUT2D eigenvalue weighted by Gasteiger charge is 2.20. The van der Waals surface area contributed by atoms with Crippen LogP contribution < -0.4 is 5.32 Å². The van der Waals surface area contributed by atoms with Gasteiger partial charge in [0.25, 0.3) is 0 Å². The van der Waals surface area contributed by atoms with E-state index in [9.17, 15) is 0 Å². The average molecular weight is 248 g/mol. The first kappa shape index (κ1) is 13.5. The summed E-state index contributed by atoms with van der Waals surface area (Å²) in [7, 11) is 0. The number of aromatic nitrogens is 1. The molecule has 18 heavy (non-hydrogen) atoms. The quantitative estimate of drug-likeness (QED) is 0.805. The number of rotatable bonds is 7. The van der Waals surface area contributed by atoms with E-state index in [1.54, 1.807) is 0 Å². The summed E-state index contributed by atoms with van der Waals surface area (Å²) in [5.74, 6) is 0.546. The van der Waals surface area contributed by atoms with Gasteiger partial charge in [-0.25, -0.2) is 0 Å². The molecule has 1 unspecified atom stereocenters. The molecule has 0 saturated heterocycles. The van der Waals surface area contributed by atoms with Gasteiger partial charge in [-0.1, -0.05) is 19.9 Å². The molecule has 1 heterocycles. The highest BCUT2D eigenvalue weighted by Crippen LogP contribution is 2.19. The first-order valence-corrected chi connectivity index (χ1v) is 6.95. The Bertz CT molecular complexity index is 375. The molecule has 1 N–H and O–H groups in total. The topological polar surface area (TPSA) is 34.1 Å². The van der Waals surface area contributed by atoms with Crippen LogP contribution in [0.4, 0.5) is 0 Å². The van der Waals surface area contributed by atoms with Crippen LogP contribution in [0.3, 0.4) is 0 Å². The lowest BCUT2D eigenvalue weighted by atomic mass is 10.1. The largest absolute Gasteiger partial charge is 0.372 e. The van der Waals surface area contributed by atoms with Crippen molar-refractivity contribution < 1.29 is 4.74 Å². The third-order valence-corrected chi connectivity index (χ3v) is 3.45. The van der Waals surface area contributed by atoms with Crippen molar-refractivity contribution in [1.29, 1.82) is 0 Å². The molecule has 1 aliphatic carbocycles. The first-order chi connectivity index (χ1) is 8.65. The van der Waals surface area contributed by atoms with Crippen LogP contribution in [-0.2, 0) is 17.9 Å². The second kappa shape index (κ2) is 6.30. The van der Waals surface area contributed by atoms with E-state index in [4.69, 9.17) is 4.74 Å². The summed E-state index contributed by atoms with van der Waals surface area (Å²) in [5, 5.41) is 3.48. The lowest BCUT2D eigenvalue weighted by Crippen LogP contribution is -2.18. The molecule has 3 heteroatoms. The van der Waals surface area contributed by atoms with Gasteiger partial charge in [0, 0.05) is 12.6 Å². The second-order valence-electron chi connectivity index (χ2n) is 5.54. The number of pyridine rings is 1. The minimum absolute atomic E-state index is 0.278. The summed E-state index contributed by atoms with van der Waals surface area (Å²) in [6.45, 7) is 7.94. The van der Waals surface area contributed by atoms with Gasteiger partial charge in [-0.15, -0.1) is 0 Å². The third kappa shape index (κ3) is 4.39. The van der Waals surface area contributed by atoms with E-state index in [1.165, 1.54) is 12.8 Å². The molecule has 0 amide bonds. The molecule has 1 fully saturated rings. The highest BCUT2D eigenvalue weighted by molar-refractivity contribution is 5.11. The molecule has 0 spiro atoms. The van der Waals surface area contributed by atoms with Gasteiger partial charge < -0.3 is 10.1 Å². The van der Waals surface area contributed by atoms with Crippen LogP contribution in [0.25, 0.3) is 0 Å². The smallest absolute Gasteiger partial charge is 0.0891 e. The van der Waals surface area contributed by atoms with E-state index in [1.807, 2.05) is 6.07 Å². The molecule has 0 radical (unpaired) electrons. The predicted molar refractivity (Wildman–Crippen MR) is 73.2 cm³/mol. The van der Waals surface area contributed by atoms with Gasteiger partial charge in [-0.3, -0.25) is 4.98 Å². The van der Waals surface area contributed by atoms with Gasteiger partial charge in [-0.05, 0) is 37.8 Å². The van der Waals surface area contributed by atoms with E-state index >= 15 is 0 Å². The molecule has 2 rings (SSSR count). The zero-order valence-corrected chi connectivity index (χ0v) is 11.6. The Morgan fingerprint density at radius 3 is 2.67 bits per heavy atom. The summed E-state index contributed by atoms with van der Waals surface area (Å²) in [4.78, 5) is 4.62. The van der Waals surface area contributed by atoms with Gasteiger partial charge in [0.05, 0.1) is 24.1 Å². The maximum Gasteiger partial charge on any atom is 0.0891 e. The van der Waals surface area contributed by atoms with Crippen molar-refractivity contribution in [3.8, 4) is 0 Å². The zero-order chi connectivity index (χ0) is 13.0. The van der Waals surface area contributed by atoms with Crippen LogP contribution in [0.1, 0.15) is 45.0 Å². The van der Waals surface area contributed by atoms with E-state index < -0.39 is 0 Å². The van der Waals surface area contributed by atoms with E-state index in [0.717, 1.165) is 24.0 Å². The van der Waals surface area contributed by atoms with Crippen molar-refractivity contribution >= 4 is 0 Å². The van der Waals surface area contributed by atoms with E-state index in [2.05, 4.69) is 43.2 Å². The third-order valence-electron chi connectivity index (χ3n) is 3.45. The van der Waals surface area contributed by atoms with Crippen molar-refractivity contribution in [2.75, 3.05) is 0 Å². The molecular formula is C15H24N2O. The molecule has 1 aliphatic rings. The fourth-order valence-electron chi connectivity index (χ4n) is 1.65. The Balaban J connectivity index is 1.81. The van der Waals surface area contributed by atoms with Crippen LogP contribution in [0.15, 0.2) is 18.2 Å². The molecule has 0 aromatic carbocycles. The zero-order valence-electron chi connectivity index (χ0n) is 11.6. The van der Waals surface area contributed by atoms with Crippen LogP contribution in [-0.4, -0.2) is 17.1 Å². The summed E-state index contributed by atoms with van der Waals surface area (Å²) >= 11 is 0. The summed E-state index contributed by atoms with van der Waals surface area (Å²) in [6, 6.07) is 6.90. The van der Waals surface area contributed by atoms with Crippen molar-refractivity contribution in [2.45, 2.75) is 58.9 Å². The minimum Gasteiger partial charge on any atom is -0.372 e. The van der Waals surface area contributed by atoms with Crippen molar-refractivity contribution in [1.82, 2.24) is 10.3 Å². The van der Waals surface area contributed by atoms with E-state index in [-0.39, 0.29) is 6.10 Å². The van der Waals surface area contributed by atoms with Gasteiger partial charge in [-0.2, -0.15) is 0 Å². The molecule has 0 bridgehead atoms. The number of hydrogen-bond donors (Lipinski definition) is 1. The minimum atomic E-state index is 0.278. The van der Waals surface area contributed by atoms with Crippen molar-refractivity contribution in [3.63, 3.8) is 0 Å². The first-order valence-electron chi connectivity index (χ1n) is 6.95. The van der Waals surface area contributed by atoms with Gasteiger partial charge in [0.1, 0.15) is 0 Å². The fraction of sp³-hybridized carbons (Fsp3) is 0.667. The molecule has 1 aromatic heterocycles. The van der Waals surface area contributed by atoms with Crippen molar-refractivity contribution in [3.05, 3.63) is 29.6 Å². The molecule has 100 valence electrons. The Kier molecular flexibility index (Phi) is 4.72. The second-order valence-corrected chi connectivity index (χ2v) is 5.54. The van der Waals surface area contributed by atoms with Crippen LogP contribution in [0.5, 0.6) is 0 Å². The Labute approximate surface area is 110 Å². The lowest BCUT2D eigenvalue weighted by Gasteiger charge is -2.16. The van der Waals surface area contributed by atoms with Gasteiger partial charge >= 0.3 is 0 Å². The SMILES string of the molecule is CC(C)C(C)OCc1cccc(CNC2CC2)n1. The highest BCUT2D eigenvalue weighted by atomic mass is 16.5. The van der Waals surface area contributed by atoms with Crippen LogP contribution >= 0.6 is 0 Å². The number of hydrogen-bond acceptors (Lipinski definition) is 3. The molecule has 0 aliphatic heterocycles. The molecular weight excluding hydrogens is 224 g/mol. The lowest BCUT2D eigenvalue weighted by molar-refractivity contribution is 0.0217. The van der Waals surface area contributed by atoms with Crippen LogP contribution in [0.2, 0.25) is 0 Å². The maximum atomic E-state index is 5.80. The standard InChI is InChI=1S/C15H24N2O/c1-11(2)12(3)18-10-15-6-4-5-14(17-15)9-16-13-7-8-13/h4-6,11-13,16H,7-10H2,1-3H3. The number of nitrogens with one attached hydrogen (secondary N) is 1. The Hall–Kier alpha value is -0.930. The molecule has 1 saturated carbocycles. The van der Waals surface area contributed by atoms with E-state index in [0.29, 0.717) is 12.5 Å². The predicted octanol–water partition coefficient (Wildman–Crippen LogP) is 2.89. The normalized spacial score (nSPS) is 17.1. The summed E-state index contributed by atoms with van der Waals surface area (Å²) < 4.78 is 5.80. The number of ether oxygens (including phenoxy) is 1. The van der Waals surface area contributed by atoms with Crippen LogP contribution in [0, 0.1) is 5.92 Å². The van der Waals surface area contributed by atoms with Gasteiger partial charge in [0.2, 0.25) is 0 Å². The molecule has 3 nitrogen and oxygen atoms in total. The number of nitrogens with zero attached hydrogens (tertiary/aromatic N) is 1. The molecule has 1 atom stereocenters. The Morgan fingerprint density at radius 1 is 1.28 bits per heavy atom. The fourth-order valence-corrected chi connectivity index (χ4v) is 1.65. The molecule has 1 aromatic rings. The average Bonchev–Trinajstić information content (AvgIpc) is 3.18. The monoisotopic (exact) mass is 248 g/mol. The summed E-state index contributed by atoms with van der Waals surface area (Å²) in [5.41, 5.74) is 2.14.